The van der Waals surface area contributed by atoms with Crippen LogP contribution in [0.3, 0.4) is 0 Å². The Kier molecular flexibility index (Phi) is 6.31. The highest BCUT2D eigenvalue weighted by Crippen LogP contribution is 2.43. The molecule has 3 aliphatic rings. The van der Waals surface area contributed by atoms with Crippen molar-refractivity contribution in [1.82, 2.24) is 15.2 Å². The zero-order valence-electron chi connectivity index (χ0n) is 19.3. The second-order valence-electron chi connectivity index (χ2n) is 9.43. The first kappa shape index (κ1) is 21.9. The Morgan fingerprint density at radius 2 is 1.82 bits per heavy atom. The molecule has 174 valence electrons. The Hall–Kier alpha value is -2.93. The minimum Gasteiger partial charge on any atom is -0.369 e. The predicted molar refractivity (Wildman–Crippen MR) is 130 cm³/mol. The fourth-order valence-corrected chi connectivity index (χ4v) is 5.51. The molecule has 2 fully saturated rings. The summed E-state index contributed by atoms with van der Waals surface area (Å²) in [5, 5.41) is 5.97. The second-order valence-corrected chi connectivity index (χ2v) is 9.43. The molecule has 33 heavy (non-hydrogen) atoms. The van der Waals surface area contributed by atoms with Gasteiger partial charge in [0.2, 0.25) is 5.91 Å². The number of fused-ring (bicyclic) bond motifs is 3. The Morgan fingerprint density at radius 1 is 1.09 bits per heavy atom. The summed E-state index contributed by atoms with van der Waals surface area (Å²) in [5.41, 5.74) is 5.02. The van der Waals surface area contributed by atoms with E-state index in [1.807, 2.05) is 37.4 Å². The molecule has 2 aliphatic heterocycles. The van der Waals surface area contributed by atoms with Gasteiger partial charge in [0.05, 0.1) is 11.4 Å². The first-order valence-electron chi connectivity index (χ1n) is 12.3. The van der Waals surface area contributed by atoms with Crippen LogP contribution in [0, 0.1) is 5.92 Å². The molecule has 1 aromatic heterocycles. The number of nitrogens with zero attached hydrogens (tertiary/aromatic N) is 3. The van der Waals surface area contributed by atoms with Crippen LogP contribution >= 0.6 is 0 Å². The lowest BCUT2D eigenvalue weighted by atomic mass is 9.74. The quantitative estimate of drug-likeness (QED) is 0.735. The number of carbonyl (C=O) groups excluding carboxylic acids is 2. The Labute approximate surface area is 195 Å². The van der Waals surface area contributed by atoms with E-state index in [1.165, 1.54) is 6.42 Å². The van der Waals surface area contributed by atoms with Crippen LogP contribution in [0.25, 0.3) is 0 Å². The van der Waals surface area contributed by atoms with Crippen molar-refractivity contribution >= 4 is 23.2 Å². The second kappa shape index (κ2) is 9.51. The van der Waals surface area contributed by atoms with Gasteiger partial charge in [0.1, 0.15) is 0 Å². The number of nitrogens with one attached hydrogen (secondary N) is 2. The highest BCUT2D eigenvalue weighted by molar-refractivity contribution is 5.96. The maximum Gasteiger partial charge on any atom is 0.251 e. The van der Waals surface area contributed by atoms with Crippen LogP contribution in [-0.2, 0) is 11.3 Å². The average molecular weight is 448 g/mol. The van der Waals surface area contributed by atoms with E-state index >= 15 is 0 Å². The minimum atomic E-state index is -0.0253. The van der Waals surface area contributed by atoms with Gasteiger partial charge in [-0.05, 0) is 55.7 Å². The minimum absolute atomic E-state index is 0.0253. The third-order valence-corrected chi connectivity index (χ3v) is 7.30. The molecule has 1 aliphatic carbocycles. The van der Waals surface area contributed by atoms with Gasteiger partial charge in [-0.3, -0.25) is 19.5 Å². The molecule has 0 spiro atoms. The standard InChI is InChI=1S/C26H33N5O2/c1-2-27-25(32)19-7-9-20(10-8-19)31-13-11-30(12-14-31)17-18-15-23-24(28-16-18)21-5-3-4-6-22(21)26(33)29-23/h7-10,15-16,21-22H,2-6,11-14,17H2,1H3,(H,27,32)(H,29,33)/t21?,22-/m1/s1. The highest BCUT2D eigenvalue weighted by atomic mass is 16.2. The van der Waals surface area contributed by atoms with Crippen LogP contribution in [0.5, 0.6) is 0 Å². The maximum absolute atomic E-state index is 12.6. The fourth-order valence-electron chi connectivity index (χ4n) is 5.51. The van der Waals surface area contributed by atoms with Crippen LogP contribution in [0.15, 0.2) is 36.5 Å². The molecule has 7 heteroatoms. The van der Waals surface area contributed by atoms with E-state index in [2.05, 4.69) is 26.5 Å². The lowest BCUT2D eigenvalue weighted by Gasteiger charge is -2.37. The van der Waals surface area contributed by atoms with Crippen molar-refractivity contribution in [2.45, 2.75) is 45.1 Å². The smallest absolute Gasteiger partial charge is 0.251 e. The van der Waals surface area contributed by atoms with Crippen LogP contribution in [-0.4, -0.2) is 54.4 Å². The normalized spacial score (nSPS) is 22.8. The summed E-state index contributed by atoms with van der Waals surface area (Å²) >= 11 is 0. The number of anilines is 2. The lowest BCUT2D eigenvalue weighted by molar-refractivity contribution is -0.121. The van der Waals surface area contributed by atoms with Crippen molar-refractivity contribution in [2.75, 3.05) is 42.9 Å². The van der Waals surface area contributed by atoms with E-state index in [-0.39, 0.29) is 17.7 Å². The number of pyridine rings is 1. The largest absolute Gasteiger partial charge is 0.369 e. The molecule has 2 N–H and O–H groups in total. The van der Waals surface area contributed by atoms with Gasteiger partial charge in [0.15, 0.2) is 0 Å². The molecule has 1 saturated heterocycles. The molecule has 1 saturated carbocycles. The first-order valence-corrected chi connectivity index (χ1v) is 12.3. The molecule has 7 nitrogen and oxygen atoms in total. The van der Waals surface area contributed by atoms with Crippen LogP contribution in [0.4, 0.5) is 11.4 Å². The van der Waals surface area contributed by atoms with Crippen molar-refractivity contribution in [3.8, 4) is 0 Å². The van der Waals surface area contributed by atoms with Gasteiger partial charge in [0.25, 0.3) is 5.91 Å². The van der Waals surface area contributed by atoms with Gasteiger partial charge in [-0.1, -0.05) is 12.8 Å². The SMILES string of the molecule is CCNC(=O)c1ccc(N2CCN(Cc3cnc4c(c3)NC(=O)[C@@H]3CCCCC43)CC2)cc1. The van der Waals surface area contributed by atoms with E-state index in [1.54, 1.807) is 0 Å². The molecular weight excluding hydrogens is 414 g/mol. The van der Waals surface area contributed by atoms with E-state index in [0.29, 0.717) is 18.0 Å². The molecule has 2 aromatic rings. The van der Waals surface area contributed by atoms with Crippen molar-refractivity contribution < 1.29 is 9.59 Å². The maximum atomic E-state index is 12.6. The fraction of sp³-hybridized carbons (Fsp3) is 0.500. The number of hydrogen-bond acceptors (Lipinski definition) is 5. The van der Waals surface area contributed by atoms with Gasteiger partial charge in [-0.2, -0.15) is 0 Å². The van der Waals surface area contributed by atoms with Crippen molar-refractivity contribution in [1.29, 1.82) is 0 Å². The third kappa shape index (κ3) is 4.60. The zero-order valence-corrected chi connectivity index (χ0v) is 19.3. The van der Waals surface area contributed by atoms with Crippen LogP contribution in [0.2, 0.25) is 0 Å². The van der Waals surface area contributed by atoms with Crippen molar-refractivity contribution in [3.63, 3.8) is 0 Å². The monoisotopic (exact) mass is 447 g/mol. The van der Waals surface area contributed by atoms with Gasteiger partial charge in [0, 0.05) is 68.6 Å². The average Bonchev–Trinajstić information content (AvgIpc) is 2.85. The van der Waals surface area contributed by atoms with Crippen molar-refractivity contribution in [3.05, 3.63) is 53.3 Å². The molecule has 1 unspecified atom stereocenters. The topological polar surface area (TPSA) is 77.6 Å². The summed E-state index contributed by atoms with van der Waals surface area (Å²) in [7, 11) is 0. The highest BCUT2D eigenvalue weighted by Gasteiger charge is 2.38. The number of amides is 2. The summed E-state index contributed by atoms with van der Waals surface area (Å²) in [6.07, 6.45) is 6.40. The number of aromatic nitrogens is 1. The zero-order chi connectivity index (χ0) is 22.8. The van der Waals surface area contributed by atoms with E-state index in [0.717, 1.165) is 74.6 Å². The van der Waals surface area contributed by atoms with Gasteiger partial charge >= 0.3 is 0 Å². The lowest BCUT2D eigenvalue weighted by Crippen LogP contribution is -2.46. The Bertz CT molecular complexity index is 1010. The summed E-state index contributed by atoms with van der Waals surface area (Å²) in [5.74, 6) is 0.549. The summed E-state index contributed by atoms with van der Waals surface area (Å²) in [4.78, 5) is 34.2. The van der Waals surface area contributed by atoms with Crippen LogP contribution in [0.1, 0.15) is 60.1 Å². The third-order valence-electron chi connectivity index (χ3n) is 7.30. The summed E-state index contributed by atoms with van der Waals surface area (Å²) in [6.45, 7) is 7.22. The number of rotatable bonds is 5. The summed E-state index contributed by atoms with van der Waals surface area (Å²) < 4.78 is 0. The molecule has 0 radical (unpaired) electrons. The van der Waals surface area contributed by atoms with Crippen LogP contribution < -0.4 is 15.5 Å². The Morgan fingerprint density at radius 3 is 2.55 bits per heavy atom. The molecule has 2 amide bonds. The molecule has 5 rings (SSSR count). The number of piperazine rings is 1. The van der Waals surface area contributed by atoms with Gasteiger partial charge in [-0.25, -0.2) is 0 Å². The number of hydrogen-bond donors (Lipinski definition) is 2. The van der Waals surface area contributed by atoms with E-state index in [9.17, 15) is 9.59 Å². The summed E-state index contributed by atoms with van der Waals surface area (Å²) in [6, 6.07) is 10.0. The molecule has 1 aromatic carbocycles. The van der Waals surface area contributed by atoms with Gasteiger partial charge < -0.3 is 15.5 Å². The van der Waals surface area contributed by atoms with E-state index in [4.69, 9.17) is 4.98 Å². The molecule has 3 heterocycles. The number of carbonyl (C=O) groups is 2. The molecule has 0 bridgehead atoms. The Balaban J connectivity index is 1.18. The van der Waals surface area contributed by atoms with Crippen molar-refractivity contribution in [2.24, 2.45) is 5.92 Å². The predicted octanol–water partition coefficient (Wildman–Crippen LogP) is 3.38. The van der Waals surface area contributed by atoms with Gasteiger partial charge in [-0.15, -0.1) is 0 Å². The molecule has 2 atom stereocenters. The first-order chi connectivity index (χ1) is 16.1. The molecular formula is C26H33N5O2. The van der Waals surface area contributed by atoms with E-state index < -0.39 is 0 Å². The number of benzene rings is 1.